The van der Waals surface area contributed by atoms with Crippen LogP contribution in [0, 0.1) is 0 Å². The van der Waals surface area contributed by atoms with Crippen molar-refractivity contribution < 1.29 is 18.3 Å². The Balaban J connectivity index is 3.14. The molecule has 0 aliphatic rings. The molecule has 0 heterocycles. The summed E-state index contributed by atoms with van der Waals surface area (Å²) in [5.41, 5.74) is 0. The maximum atomic E-state index is 10.5. The van der Waals surface area contributed by atoms with Gasteiger partial charge in [0.2, 0.25) is 11.3 Å². The zero-order chi connectivity index (χ0) is 8.69. The summed E-state index contributed by atoms with van der Waals surface area (Å²) in [7, 11) is 1.31. The molecule has 1 atom stereocenters. The average molecular weight is 181 g/mol. The van der Waals surface area contributed by atoms with Gasteiger partial charge in [0, 0.05) is 13.0 Å². The third kappa shape index (κ3) is 7.44. The van der Waals surface area contributed by atoms with Gasteiger partial charge in [-0.2, -0.15) is 0 Å². The number of nitrogens with one attached hydrogen (secondary N) is 1. The van der Waals surface area contributed by atoms with Gasteiger partial charge in [0.1, 0.15) is 0 Å². The predicted octanol–water partition coefficient (Wildman–Crippen LogP) is -0.334. The Morgan fingerprint density at radius 1 is 1.73 bits per heavy atom. The molecule has 0 spiro atoms. The average Bonchev–Trinajstić information content (AvgIpc) is 1.97. The molecule has 5 nitrogen and oxygen atoms in total. The smallest absolute Gasteiger partial charge is 0.305 e. The molecule has 0 bridgehead atoms. The number of methoxy groups -OCH3 is 1. The highest BCUT2D eigenvalue weighted by molar-refractivity contribution is 7.77. The predicted molar refractivity (Wildman–Crippen MR) is 40.0 cm³/mol. The van der Waals surface area contributed by atoms with Crippen LogP contribution in [0.4, 0.5) is 0 Å². The van der Waals surface area contributed by atoms with Gasteiger partial charge in [-0.1, -0.05) is 0 Å². The topological polar surface area (TPSA) is 75.6 Å². The number of carbonyl (C=O) groups is 1. The molecule has 0 amide bonds. The second kappa shape index (κ2) is 6.26. The summed E-state index contributed by atoms with van der Waals surface area (Å²) in [5.74, 6) is -0.310. The lowest BCUT2D eigenvalue weighted by Crippen LogP contribution is -2.18. The molecule has 6 heteroatoms. The molecule has 0 aliphatic heterocycles. The first-order valence-electron chi connectivity index (χ1n) is 3.08. The van der Waals surface area contributed by atoms with Crippen molar-refractivity contribution in [1.82, 2.24) is 4.72 Å². The third-order valence-electron chi connectivity index (χ3n) is 1.01. The van der Waals surface area contributed by atoms with Crippen molar-refractivity contribution in [3.63, 3.8) is 0 Å². The maximum absolute atomic E-state index is 10.5. The van der Waals surface area contributed by atoms with E-state index in [1.54, 1.807) is 0 Å². The van der Waals surface area contributed by atoms with Crippen molar-refractivity contribution in [1.29, 1.82) is 0 Å². The van der Waals surface area contributed by atoms with Gasteiger partial charge in [-0.05, 0) is 6.42 Å². The summed E-state index contributed by atoms with van der Waals surface area (Å²) in [6, 6.07) is 0. The fraction of sp³-hybridized carbons (Fsp3) is 0.800. The Labute approximate surface area is 67.5 Å². The van der Waals surface area contributed by atoms with Crippen LogP contribution in [0.25, 0.3) is 0 Å². The molecule has 66 valence electrons. The summed E-state index contributed by atoms with van der Waals surface area (Å²) in [5, 5.41) is 0. The van der Waals surface area contributed by atoms with E-state index in [0.717, 1.165) is 0 Å². The molecular weight excluding hydrogens is 170 g/mol. The first-order valence-corrected chi connectivity index (χ1v) is 4.18. The fourth-order valence-corrected chi connectivity index (χ4v) is 0.813. The SMILES string of the molecule is COC(=O)CCCNS(=O)O. The van der Waals surface area contributed by atoms with E-state index in [1.807, 2.05) is 0 Å². The molecule has 2 N–H and O–H groups in total. The van der Waals surface area contributed by atoms with Gasteiger partial charge in [-0.25, -0.2) is 8.93 Å². The minimum atomic E-state index is -1.98. The monoisotopic (exact) mass is 181 g/mol. The molecule has 0 aromatic heterocycles. The Morgan fingerprint density at radius 2 is 2.36 bits per heavy atom. The summed E-state index contributed by atoms with van der Waals surface area (Å²) >= 11 is -1.98. The van der Waals surface area contributed by atoms with Crippen LogP contribution in [0.15, 0.2) is 0 Å². The van der Waals surface area contributed by atoms with Crippen molar-refractivity contribution in [2.45, 2.75) is 12.8 Å². The number of rotatable bonds is 5. The molecule has 1 unspecified atom stereocenters. The van der Waals surface area contributed by atoms with Gasteiger partial charge >= 0.3 is 5.97 Å². The van der Waals surface area contributed by atoms with E-state index >= 15 is 0 Å². The van der Waals surface area contributed by atoms with Crippen LogP contribution in [0.2, 0.25) is 0 Å². The highest BCUT2D eigenvalue weighted by Crippen LogP contribution is 1.89. The number of esters is 1. The molecule has 0 aromatic carbocycles. The van der Waals surface area contributed by atoms with Crippen molar-refractivity contribution in [3.05, 3.63) is 0 Å². The van der Waals surface area contributed by atoms with E-state index < -0.39 is 11.3 Å². The zero-order valence-corrected chi connectivity index (χ0v) is 7.02. The lowest BCUT2D eigenvalue weighted by atomic mass is 10.3. The summed E-state index contributed by atoms with van der Waals surface area (Å²) in [4.78, 5) is 10.5. The second-order valence-electron chi connectivity index (χ2n) is 1.82. The molecule has 0 aliphatic carbocycles. The maximum Gasteiger partial charge on any atom is 0.305 e. The Hall–Kier alpha value is -0.460. The van der Waals surface area contributed by atoms with Crippen LogP contribution in [0.5, 0.6) is 0 Å². The van der Waals surface area contributed by atoms with E-state index in [1.165, 1.54) is 7.11 Å². The van der Waals surface area contributed by atoms with Gasteiger partial charge in [0.05, 0.1) is 7.11 Å². The quantitative estimate of drug-likeness (QED) is 0.346. The molecule has 0 saturated carbocycles. The molecule has 0 fully saturated rings. The molecule has 0 saturated heterocycles. The molecule has 11 heavy (non-hydrogen) atoms. The van der Waals surface area contributed by atoms with Crippen LogP contribution < -0.4 is 4.72 Å². The van der Waals surface area contributed by atoms with E-state index in [-0.39, 0.29) is 12.4 Å². The van der Waals surface area contributed by atoms with Crippen LogP contribution in [-0.2, 0) is 20.8 Å². The third-order valence-corrected chi connectivity index (χ3v) is 1.46. The van der Waals surface area contributed by atoms with E-state index in [2.05, 4.69) is 9.46 Å². The fourth-order valence-electron chi connectivity index (χ4n) is 0.494. The van der Waals surface area contributed by atoms with Gasteiger partial charge in [-0.3, -0.25) is 9.35 Å². The van der Waals surface area contributed by atoms with Crippen LogP contribution in [0.3, 0.4) is 0 Å². The van der Waals surface area contributed by atoms with E-state index in [4.69, 9.17) is 4.55 Å². The highest BCUT2D eigenvalue weighted by atomic mass is 32.2. The van der Waals surface area contributed by atoms with Gasteiger partial charge < -0.3 is 4.74 Å². The van der Waals surface area contributed by atoms with Crippen LogP contribution >= 0.6 is 0 Å². The lowest BCUT2D eigenvalue weighted by molar-refractivity contribution is -0.140. The zero-order valence-electron chi connectivity index (χ0n) is 6.20. The first-order chi connectivity index (χ1) is 5.16. The lowest BCUT2D eigenvalue weighted by Gasteiger charge is -1.98. The van der Waals surface area contributed by atoms with Crippen molar-refractivity contribution in [2.75, 3.05) is 13.7 Å². The van der Waals surface area contributed by atoms with Crippen LogP contribution in [-0.4, -0.2) is 28.4 Å². The molecule has 0 aromatic rings. The Bertz CT molecular complexity index is 149. The molecule has 0 rings (SSSR count). The highest BCUT2D eigenvalue weighted by Gasteiger charge is 1.99. The number of hydrogen-bond acceptors (Lipinski definition) is 3. The number of carbonyl (C=O) groups excluding carboxylic acids is 1. The van der Waals surface area contributed by atoms with Crippen molar-refractivity contribution in [2.24, 2.45) is 0 Å². The Kier molecular flexibility index (Phi) is 6.00. The van der Waals surface area contributed by atoms with E-state index in [9.17, 15) is 9.00 Å². The second-order valence-corrected chi connectivity index (χ2v) is 2.61. The minimum Gasteiger partial charge on any atom is -0.469 e. The summed E-state index contributed by atoms with van der Waals surface area (Å²) < 4.78 is 24.8. The van der Waals surface area contributed by atoms with Gasteiger partial charge in [0.25, 0.3) is 0 Å². The molecule has 0 radical (unpaired) electrons. The van der Waals surface area contributed by atoms with Crippen molar-refractivity contribution >= 4 is 17.2 Å². The number of hydrogen-bond donors (Lipinski definition) is 2. The summed E-state index contributed by atoms with van der Waals surface area (Å²) in [6.07, 6.45) is 0.764. The van der Waals surface area contributed by atoms with Crippen molar-refractivity contribution in [3.8, 4) is 0 Å². The van der Waals surface area contributed by atoms with Gasteiger partial charge in [0.15, 0.2) is 0 Å². The Morgan fingerprint density at radius 3 is 2.82 bits per heavy atom. The van der Waals surface area contributed by atoms with E-state index in [0.29, 0.717) is 13.0 Å². The van der Waals surface area contributed by atoms with Gasteiger partial charge in [-0.15, -0.1) is 0 Å². The largest absolute Gasteiger partial charge is 0.469 e. The number of ether oxygens (including phenoxy) is 1. The minimum absolute atomic E-state index is 0.265. The molecular formula is C5H11NO4S. The summed E-state index contributed by atoms with van der Waals surface area (Å²) in [6.45, 7) is 0.332. The standard InChI is InChI=1S/C5H11NO4S/c1-10-5(7)3-2-4-6-11(8)9/h6H,2-4H2,1H3,(H,8,9). The van der Waals surface area contributed by atoms with Crippen LogP contribution in [0.1, 0.15) is 12.8 Å². The first kappa shape index (κ1) is 10.5. The normalized spacial score (nSPS) is 12.5.